The molecule has 4 aromatic rings. The summed E-state index contributed by atoms with van der Waals surface area (Å²) < 4.78 is 13.3. The van der Waals surface area contributed by atoms with Crippen molar-refractivity contribution in [1.82, 2.24) is 10.2 Å². The predicted molar refractivity (Wildman–Crippen MR) is 120 cm³/mol. The number of nitrogens with zero attached hydrogens (tertiary/aromatic N) is 2. The van der Waals surface area contributed by atoms with Crippen LogP contribution in [0, 0.1) is 19.7 Å². The molecule has 0 saturated carbocycles. The van der Waals surface area contributed by atoms with Gasteiger partial charge in [0.15, 0.2) is 0 Å². The number of hydrogen-bond acceptors (Lipinski definition) is 4. The van der Waals surface area contributed by atoms with Crippen LogP contribution < -0.4 is 5.32 Å². The van der Waals surface area contributed by atoms with Gasteiger partial charge in [0.1, 0.15) is 16.5 Å². The second kappa shape index (κ2) is 8.63. The highest BCUT2D eigenvalue weighted by atomic mass is 32.2. The summed E-state index contributed by atoms with van der Waals surface area (Å²) in [6, 6.07) is 19.9. The molecule has 1 amide bonds. The van der Waals surface area contributed by atoms with Crippen LogP contribution in [-0.4, -0.2) is 21.9 Å². The van der Waals surface area contributed by atoms with E-state index in [-0.39, 0.29) is 17.5 Å². The zero-order chi connectivity index (χ0) is 21.1. The number of anilines is 1. The Morgan fingerprint density at radius 2 is 1.70 bits per heavy atom. The van der Waals surface area contributed by atoms with Crippen molar-refractivity contribution in [3.63, 3.8) is 0 Å². The van der Waals surface area contributed by atoms with Gasteiger partial charge >= 0.3 is 0 Å². The summed E-state index contributed by atoms with van der Waals surface area (Å²) in [6.45, 7) is 4.00. The first-order chi connectivity index (χ1) is 14.5. The van der Waals surface area contributed by atoms with Gasteiger partial charge in [0.05, 0.1) is 5.75 Å². The zero-order valence-corrected chi connectivity index (χ0v) is 17.5. The molecule has 0 aliphatic rings. The minimum Gasteiger partial charge on any atom is -0.325 e. The van der Waals surface area contributed by atoms with Crippen molar-refractivity contribution in [2.24, 2.45) is 0 Å². The average molecular weight is 418 g/mol. The monoisotopic (exact) mass is 417 g/mol. The van der Waals surface area contributed by atoms with Crippen molar-refractivity contribution >= 4 is 34.1 Å². The van der Waals surface area contributed by atoms with Gasteiger partial charge in [0.2, 0.25) is 5.91 Å². The molecule has 0 atom stereocenters. The highest BCUT2D eigenvalue weighted by Crippen LogP contribution is 2.31. The Bertz CT molecular complexity index is 1230. The molecule has 0 spiro atoms. The molecule has 4 nitrogen and oxygen atoms in total. The van der Waals surface area contributed by atoms with Crippen LogP contribution in [-0.2, 0) is 4.79 Å². The van der Waals surface area contributed by atoms with Crippen LogP contribution in [0.4, 0.5) is 10.1 Å². The van der Waals surface area contributed by atoms with Crippen LogP contribution in [0.3, 0.4) is 0 Å². The lowest BCUT2D eigenvalue weighted by atomic mass is 10.1. The number of aromatic nitrogens is 2. The molecule has 0 radical (unpaired) electrons. The van der Waals surface area contributed by atoms with Crippen LogP contribution >= 0.6 is 11.8 Å². The Labute approximate surface area is 178 Å². The van der Waals surface area contributed by atoms with Gasteiger partial charge in [-0.2, -0.15) is 0 Å². The summed E-state index contributed by atoms with van der Waals surface area (Å²) in [5, 5.41) is 14.2. The second-order valence-corrected chi connectivity index (χ2v) is 8.03. The normalized spacial score (nSPS) is 10.9. The predicted octanol–water partition coefficient (Wildman–Crippen LogP) is 5.78. The third kappa shape index (κ3) is 4.33. The van der Waals surface area contributed by atoms with E-state index < -0.39 is 0 Å². The largest absolute Gasteiger partial charge is 0.325 e. The van der Waals surface area contributed by atoms with Gasteiger partial charge in [-0.3, -0.25) is 4.79 Å². The van der Waals surface area contributed by atoms with E-state index >= 15 is 0 Å². The average Bonchev–Trinajstić information content (AvgIpc) is 2.75. The van der Waals surface area contributed by atoms with Crippen molar-refractivity contribution in [2.45, 2.75) is 18.9 Å². The molecule has 6 heteroatoms. The first-order valence-electron chi connectivity index (χ1n) is 9.52. The molecule has 0 saturated heterocycles. The molecule has 1 heterocycles. The molecule has 3 aromatic carbocycles. The topological polar surface area (TPSA) is 54.9 Å². The van der Waals surface area contributed by atoms with Gasteiger partial charge in [-0.25, -0.2) is 4.39 Å². The first kappa shape index (κ1) is 20.0. The summed E-state index contributed by atoms with van der Waals surface area (Å²) in [4.78, 5) is 12.5. The SMILES string of the molecule is Cc1ccc(NC(=O)CSc2nnc(-c3ccc(F)cc3)c3ccccc23)c(C)c1. The van der Waals surface area contributed by atoms with Crippen LogP contribution in [0.1, 0.15) is 11.1 Å². The molecule has 1 N–H and O–H groups in total. The Morgan fingerprint density at radius 3 is 2.43 bits per heavy atom. The van der Waals surface area contributed by atoms with Crippen molar-refractivity contribution in [3.8, 4) is 11.3 Å². The summed E-state index contributed by atoms with van der Waals surface area (Å²) in [5.41, 5.74) is 4.48. The van der Waals surface area contributed by atoms with E-state index in [1.54, 1.807) is 12.1 Å². The third-order valence-corrected chi connectivity index (χ3v) is 5.75. The zero-order valence-electron chi connectivity index (χ0n) is 16.6. The minimum absolute atomic E-state index is 0.0968. The molecule has 4 rings (SSSR count). The molecular formula is C24H20FN3OS. The smallest absolute Gasteiger partial charge is 0.234 e. The summed E-state index contributed by atoms with van der Waals surface area (Å²) in [7, 11) is 0. The number of carbonyl (C=O) groups excluding carboxylic acids is 1. The number of aryl methyl sites for hydroxylation is 2. The molecule has 0 fully saturated rings. The number of halogens is 1. The number of amides is 1. The second-order valence-electron chi connectivity index (χ2n) is 7.06. The maximum Gasteiger partial charge on any atom is 0.234 e. The Balaban J connectivity index is 1.55. The fourth-order valence-electron chi connectivity index (χ4n) is 3.28. The number of carbonyl (C=O) groups is 1. The Hall–Kier alpha value is -3.25. The van der Waals surface area contributed by atoms with E-state index in [9.17, 15) is 9.18 Å². The van der Waals surface area contributed by atoms with E-state index in [0.29, 0.717) is 10.7 Å². The summed E-state index contributed by atoms with van der Waals surface area (Å²) in [5.74, 6) is -0.166. The summed E-state index contributed by atoms with van der Waals surface area (Å²) >= 11 is 1.35. The van der Waals surface area contributed by atoms with Crippen LogP contribution in [0.25, 0.3) is 22.0 Å². The quantitative estimate of drug-likeness (QED) is 0.418. The van der Waals surface area contributed by atoms with Gasteiger partial charge in [0, 0.05) is 22.0 Å². The fourth-order valence-corrected chi connectivity index (χ4v) is 4.05. The van der Waals surface area contributed by atoms with Crippen molar-refractivity contribution in [2.75, 3.05) is 11.1 Å². The number of thioether (sulfide) groups is 1. The number of hydrogen-bond donors (Lipinski definition) is 1. The van der Waals surface area contributed by atoms with Gasteiger partial charge in [0.25, 0.3) is 0 Å². The van der Waals surface area contributed by atoms with Gasteiger partial charge < -0.3 is 5.32 Å². The lowest BCUT2D eigenvalue weighted by molar-refractivity contribution is -0.113. The Kier molecular flexibility index (Phi) is 5.77. The highest BCUT2D eigenvalue weighted by molar-refractivity contribution is 8.00. The van der Waals surface area contributed by atoms with E-state index in [1.807, 2.05) is 56.3 Å². The number of fused-ring (bicyclic) bond motifs is 1. The first-order valence-corrected chi connectivity index (χ1v) is 10.5. The van der Waals surface area contributed by atoms with E-state index in [0.717, 1.165) is 33.2 Å². The number of nitrogens with one attached hydrogen (secondary N) is 1. The van der Waals surface area contributed by atoms with Crippen molar-refractivity contribution in [1.29, 1.82) is 0 Å². The third-order valence-electron chi connectivity index (χ3n) is 4.77. The van der Waals surface area contributed by atoms with Crippen LogP contribution in [0.2, 0.25) is 0 Å². The lowest BCUT2D eigenvalue weighted by Gasteiger charge is -2.11. The molecule has 30 heavy (non-hydrogen) atoms. The van der Waals surface area contributed by atoms with Gasteiger partial charge in [-0.15, -0.1) is 10.2 Å². The lowest BCUT2D eigenvalue weighted by Crippen LogP contribution is -2.15. The fraction of sp³-hybridized carbons (Fsp3) is 0.125. The highest BCUT2D eigenvalue weighted by Gasteiger charge is 2.13. The van der Waals surface area contributed by atoms with E-state index in [4.69, 9.17) is 0 Å². The molecule has 150 valence electrons. The van der Waals surface area contributed by atoms with Gasteiger partial charge in [-0.05, 0) is 49.7 Å². The van der Waals surface area contributed by atoms with Crippen molar-refractivity contribution < 1.29 is 9.18 Å². The van der Waals surface area contributed by atoms with Crippen LogP contribution in [0.15, 0.2) is 71.8 Å². The minimum atomic E-state index is -0.294. The molecule has 0 bridgehead atoms. The Morgan fingerprint density at radius 1 is 0.967 bits per heavy atom. The van der Waals surface area contributed by atoms with Crippen LogP contribution in [0.5, 0.6) is 0 Å². The number of rotatable bonds is 5. The molecular weight excluding hydrogens is 397 g/mol. The molecule has 0 aliphatic carbocycles. The number of benzene rings is 3. The molecule has 0 aliphatic heterocycles. The molecule has 1 aromatic heterocycles. The van der Waals surface area contributed by atoms with E-state index in [2.05, 4.69) is 15.5 Å². The van der Waals surface area contributed by atoms with Crippen molar-refractivity contribution in [3.05, 3.63) is 83.7 Å². The van der Waals surface area contributed by atoms with E-state index in [1.165, 1.54) is 23.9 Å². The standard InChI is InChI=1S/C24H20FN3OS/c1-15-7-12-21(16(2)13-15)26-22(29)14-30-24-20-6-4-3-5-19(20)23(27-28-24)17-8-10-18(25)11-9-17/h3-13H,14H2,1-2H3,(H,26,29). The maximum atomic E-state index is 13.3. The van der Waals surface area contributed by atoms with Gasteiger partial charge in [-0.1, -0.05) is 53.7 Å². The maximum absolute atomic E-state index is 13.3. The summed E-state index contributed by atoms with van der Waals surface area (Å²) in [6.07, 6.45) is 0. The molecule has 0 unspecified atom stereocenters.